The lowest BCUT2D eigenvalue weighted by Crippen LogP contribution is -2.21. The minimum Gasteiger partial charge on any atom is -0.465 e. The standard InChI is InChI=1S/C16H17N3O2/c1-21-16(20)12-5-6-13(18-9-12)10-19-8-7-11-3-2-4-14(17)15(11)19/h2-6,9H,7-8,10,17H2,1H3. The van der Waals surface area contributed by atoms with Gasteiger partial charge in [-0.1, -0.05) is 12.1 Å². The number of nitrogens with two attached hydrogens (primary N) is 1. The smallest absolute Gasteiger partial charge is 0.339 e. The zero-order valence-corrected chi connectivity index (χ0v) is 11.9. The van der Waals surface area contributed by atoms with Gasteiger partial charge in [-0.2, -0.15) is 0 Å². The third kappa shape index (κ3) is 2.54. The summed E-state index contributed by atoms with van der Waals surface area (Å²) in [7, 11) is 1.36. The lowest BCUT2D eigenvalue weighted by atomic mass is 10.1. The zero-order valence-electron chi connectivity index (χ0n) is 11.9. The molecule has 2 heterocycles. The highest BCUT2D eigenvalue weighted by atomic mass is 16.5. The van der Waals surface area contributed by atoms with E-state index in [1.165, 1.54) is 12.7 Å². The normalized spacial score (nSPS) is 13.1. The summed E-state index contributed by atoms with van der Waals surface area (Å²) in [6.07, 6.45) is 2.55. The first-order chi connectivity index (χ1) is 10.2. The van der Waals surface area contributed by atoms with Crippen molar-refractivity contribution in [2.24, 2.45) is 0 Å². The van der Waals surface area contributed by atoms with Gasteiger partial charge in [0.2, 0.25) is 0 Å². The van der Waals surface area contributed by atoms with Crippen molar-refractivity contribution in [3.8, 4) is 0 Å². The first kappa shape index (κ1) is 13.4. The minimum absolute atomic E-state index is 0.371. The number of fused-ring (bicyclic) bond motifs is 1. The van der Waals surface area contributed by atoms with Crippen LogP contribution in [0.15, 0.2) is 36.5 Å². The second-order valence-corrected chi connectivity index (χ2v) is 5.06. The van der Waals surface area contributed by atoms with Crippen LogP contribution in [0.3, 0.4) is 0 Å². The topological polar surface area (TPSA) is 68.5 Å². The van der Waals surface area contributed by atoms with E-state index < -0.39 is 0 Å². The quantitative estimate of drug-likeness (QED) is 0.689. The van der Waals surface area contributed by atoms with Gasteiger partial charge in [-0.05, 0) is 30.2 Å². The van der Waals surface area contributed by atoms with Gasteiger partial charge in [-0.15, -0.1) is 0 Å². The number of anilines is 2. The molecule has 0 fully saturated rings. The summed E-state index contributed by atoms with van der Waals surface area (Å²) in [5.41, 5.74) is 10.6. The van der Waals surface area contributed by atoms with E-state index >= 15 is 0 Å². The first-order valence-electron chi connectivity index (χ1n) is 6.84. The number of rotatable bonds is 3. The van der Waals surface area contributed by atoms with E-state index in [9.17, 15) is 4.79 Å². The van der Waals surface area contributed by atoms with Crippen molar-refractivity contribution in [2.75, 3.05) is 24.3 Å². The highest BCUT2D eigenvalue weighted by molar-refractivity contribution is 5.88. The average Bonchev–Trinajstić information content (AvgIpc) is 2.92. The number of hydrogen-bond acceptors (Lipinski definition) is 5. The van der Waals surface area contributed by atoms with Crippen LogP contribution in [0.5, 0.6) is 0 Å². The van der Waals surface area contributed by atoms with Crippen LogP contribution in [0.4, 0.5) is 11.4 Å². The van der Waals surface area contributed by atoms with Crippen LogP contribution in [0, 0.1) is 0 Å². The summed E-state index contributed by atoms with van der Waals surface area (Å²) in [6, 6.07) is 9.61. The van der Waals surface area contributed by atoms with Crippen LogP contribution < -0.4 is 10.6 Å². The van der Waals surface area contributed by atoms with E-state index in [-0.39, 0.29) is 5.97 Å². The number of nitrogens with zero attached hydrogens (tertiary/aromatic N) is 2. The Labute approximate surface area is 123 Å². The molecule has 1 aromatic heterocycles. The molecule has 5 nitrogen and oxygen atoms in total. The average molecular weight is 283 g/mol. The molecule has 1 aromatic carbocycles. The molecule has 0 saturated heterocycles. The summed E-state index contributed by atoms with van der Waals surface area (Å²) >= 11 is 0. The Balaban J connectivity index is 1.79. The summed E-state index contributed by atoms with van der Waals surface area (Å²) in [5, 5.41) is 0. The molecule has 2 N–H and O–H groups in total. The van der Waals surface area contributed by atoms with Crippen LogP contribution in [0.25, 0.3) is 0 Å². The number of hydrogen-bond donors (Lipinski definition) is 1. The molecule has 0 unspecified atom stereocenters. The Morgan fingerprint density at radius 2 is 2.24 bits per heavy atom. The van der Waals surface area contributed by atoms with Gasteiger partial charge in [-0.25, -0.2) is 4.79 Å². The molecule has 1 aliphatic rings. The van der Waals surface area contributed by atoms with E-state index in [2.05, 4.69) is 20.7 Å². The number of methoxy groups -OCH3 is 1. The van der Waals surface area contributed by atoms with Gasteiger partial charge >= 0.3 is 5.97 Å². The predicted molar refractivity (Wildman–Crippen MR) is 81.2 cm³/mol. The number of carbonyl (C=O) groups excluding carboxylic acids is 1. The second kappa shape index (κ2) is 5.44. The first-order valence-corrected chi connectivity index (χ1v) is 6.84. The Morgan fingerprint density at radius 3 is 2.95 bits per heavy atom. The van der Waals surface area contributed by atoms with Gasteiger partial charge < -0.3 is 15.4 Å². The summed E-state index contributed by atoms with van der Waals surface area (Å²) in [6.45, 7) is 1.62. The summed E-state index contributed by atoms with van der Waals surface area (Å²) in [4.78, 5) is 17.9. The number of esters is 1. The fourth-order valence-corrected chi connectivity index (χ4v) is 2.68. The maximum Gasteiger partial charge on any atom is 0.339 e. The van der Waals surface area contributed by atoms with E-state index in [1.807, 2.05) is 18.2 Å². The molecule has 1 aliphatic heterocycles. The molecule has 0 aliphatic carbocycles. The number of ether oxygens (including phenoxy) is 1. The van der Waals surface area contributed by atoms with Crippen LogP contribution in [-0.2, 0) is 17.7 Å². The third-order valence-electron chi connectivity index (χ3n) is 3.72. The SMILES string of the molecule is COC(=O)c1ccc(CN2CCc3cccc(N)c32)nc1. The Morgan fingerprint density at radius 1 is 1.38 bits per heavy atom. The number of carbonyl (C=O) groups is 1. The maximum absolute atomic E-state index is 11.4. The molecule has 5 heteroatoms. The number of nitrogen functional groups attached to an aromatic ring is 1. The lowest BCUT2D eigenvalue weighted by Gasteiger charge is -2.20. The van der Waals surface area contributed by atoms with Crippen molar-refractivity contribution < 1.29 is 9.53 Å². The minimum atomic E-state index is -0.371. The van der Waals surface area contributed by atoms with Crippen molar-refractivity contribution in [2.45, 2.75) is 13.0 Å². The third-order valence-corrected chi connectivity index (χ3v) is 3.72. The van der Waals surface area contributed by atoms with E-state index in [1.54, 1.807) is 12.3 Å². The molecule has 0 radical (unpaired) electrons. The van der Waals surface area contributed by atoms with Gasteiger partial charge in [0.05, 0.1) is 36.3 Å². The number of aromatic nitrogens is 1. The maximum atomic E-state index is 11.4. The molecular weight excluding hydrogens is 266 g/mol. The Bertz CT molecular complexity index is 668. The van der Waals surface area contributed by atoms with Gasteiger partial charge in [0.1, 0.15) is 0 Å². The van der Waals surface area contributed by atoms with Crippen LogP contribution in [-0.4, -0.2) is 24.6 Å². The van der Waals surface area contributed by atoms with Crippen LogP contribution in [0.1, 0.15) is 21.6 Å². The van der Waals surface area contributed by atoms with Gasteiger partial charge in [0.25, 0.3) is 0 Å². The Kier molecular flexibility index (Phi) is 3.48. The largest absolute Gasteiger partial charge is 0.465 e. The fourth-order valence-electron chi connectivity index (χ4n) is 2.68. The van der Waals surface area contributed by atoms with Crippen LogP contribution in [0.2, 0.25) is 0 Å². The summed E-state index contributed by atoms with van der Waals surface area (Å²) < 4.78 is 4.67. The molecule has 0 saturated carbocycles. The van der Waals surface area contributed by atoms with Gasteiger partial charge in [-0.3, -0.25) is 4.98 Å². The highest BCUT2D eigenvalue weighted by Gasteiger charge is 2.21. The van der Waals surface area contributed by atoms with Crippen molar-refractivity contribution in [3.63, 3.8) is 0 Å². The van der Waals surface area contributed by atoms with Crippen molar-refractivity contribution in [3.05, 3.63) is 53.3 Å². The van der Waals surface area contributed by atoms with Gasteiger partial charge in [0.15, 0.2) is 0 Å². The molecule has 2 aromatic rings. The Hall–Kier alpha value is -2.56. The zero-order chi connectivity index (χ0) is 14.8. The monoisotopic (exact) mass is 283 g/mol. The summed E-state index contributed by atoms with van der Waals surface area (Å²) in [5.74, 6) is -0.371. The molecule has 3 rings (SSSR count). The molecule has 0 bridgehead atoms. The number of pyridine rings is 1. The van der Waals surface area contributed by atoms with Crippen molar-refractivity contribution >= 4 is 17.3 Å². The fraction of sp³-hybridized carbons (Fsp3) is 0.250. The second-order valence-electron chi connectivity index (χ2n) is 5.06. The van der Waals surface area contributed by atoms with Gasteiger partial charge in [0, 0.05) is 12.7 Å². The predicted octanol–water partition coefficient (Wildman–Crippen LogP) is 2.01. The van der Waals surface area contributed by atoms with Crippen molar-refractivity contribution in [1.82, 2.24) is 4.98 Å². The van der Waals surface area contributed by atoms with E-state index in [0.29, 0.717) is 12.1 Å². The molecule has 0 atom stereocenters. The number of para-hydroxylation sites is 1. The lowest BCUT2D eigenvalue weighted by molar-refractivity contribution is 0.0600. The molecular formula is C16H17N3O2. The highest BCUT2D eigenvalue weighted by Crippen LogP contribution is 2.34. The van der Waals surface area contributed by atoms with Crippen LogP contribution >= 0.6 is 0 Å². The van der Waals surface area contributed by atoms with E-state index in [4.69, 9.17) is 5.73 Å². The van der Waals surface area contributed by atoms with E-state index in [0.717, 1.165) is 30.0 Å². The number of benzene rings is 1. The molecule has 0 spiro atoms. The molecule has 108 valence electrons. The molecule has 21 heavy (non-hydrogen) atoms. The molecule has 0 amide bonds. The van der Waals surface area contributed by atoms with Crippen molar-refractivity contribution in [1.29, 1.82) is 0 Å².